The molecule has 1 amide bonds. The van der Waals surface area contributed by atoms with Gasteiger partial charge in [0.05, 0.1) is 6.54 Å². The van der Waals surface area contributed by atoms with E-state index in [0.29, 0.717) is 18.7 Å². The summed E-state index contributed by atoms with van der Waals surface area (Å²) in [6, 6.07) is 3.48. The van der Waals surface area contributed by atoms with E-state index in [1.807, 2.05) is 24.8 Å². The second-order valence-electron chi connectivity index (χ2n) is 5.21. The number of aryl methyl sites for hydroxylation is 1. The molecule has 1 aromatic rings. The van der Waals surface area contributed by atoms with Gasteiger partial charge in [0.25, 0.3) is 0 Å². The van der Waals surface area contributed by atoms with E-state index in [2.05, 4.69) is 10.6 Å². The van der Waals surface area contributed by atoms with Crippen LogP contribution in [0.2, 0.25) is 0 Å². The van der Waals surface area contributed by atoms with Gasteiger partial charge in [-0.3, -0.25) is 4.79 Å². The molecule has 1 aliphatic heterocycles. The number of hydrogen-bond donors (Lipinski definition) is 2. The minimum Gasteiger partial charge on any atom is -0.360 e. The van der Waals surface area contributed by atoms with Crippen molar-refractivity contribution in [2.24, 2.45) is 0 Å². The van der Waals surface area contributed by atoms with Gasteiger partial charge in [-0.05, 0) is 43.7 Å². The van der Waals surface area contributed by atoms with Crippen LogP contribution in [-0.2, 0) is 4.79 Å². The first-order valence-electron chi connectivity index (χ1n) is 7.08. The third kappa shape index (κ3) is 3.10. The predicted molar refractivity (Wildman–Crippen MR) is 78.5 cm³/mol. The maximum atomic E-state index is 13.9. The van der Waals surface area contributed by atoms with E-state index < -0.39 is 0 Å². The molecule has 4 nitrogen and oxygen atoms in total. The van der Waals surface area contributed by atoms with E-state index in [9.17, 15) is 9.18 Å². The largest absolute Gasteiger partial charge is 0.360 e. The molecule has 1 aliphatic rings. The molecule has 110 valence electrons. The topological polar surface area (TPSA) is 44.4 Å². The van der Waals surface area contributed by atoms with Gasteiger partial charge in [-0.2, -0.15) is 0 Å². The van der Waals surface area contributed by atoms with Crippen molar-refractivity contribution in [1.29, 1.82) is 0 Å². The Morgan fingerprint density at radius 1 is 1.50 bits per heavy atom. The van der Waals surface area contributed by atoms with Gasteiger partial charge in [0.15, 0.2) is 0 Å². The van der Waals surface area contributed by atoms with Crippen molar-refractivity contribution in [1.82, 2.24) is 10.6 Å². The molecule has 1 saturated heterocycles. The molecule has 0 radical (unpaired) electrons. The molecule has 1 aromatic carbocycles. The van der Waals surface area contributed by atoms with E-state index in [1.54, 1.807) is 13.0 Å². The molecule has 2 N–H and O–H groups in total. The van der Waals surface area contributed by atoms with Crippen LogP contribution in [0.25, 0.3) is 0 Å². The standard InChI is InChI=1S/C15H22FN3O/c1-4-17-11(3)12-8-13(16)10(2)7-14(12)19-6-5-18-15(20)9-19/h7-8,11,17H,4-6,9H2,1-3H3,(H,18,20). The highest BCUT2D eigenvalue weighted by atomic mass is 19.1. The van der Waals surface area contributed by atoms with Crippen molar-refractivity contribution >= 4 is 11.6 Å². The van der Waals surface area contributed by atoms with E-state index >= 15 is 0 Å². The van der Waals surface area contributed by atoms with Crippen molar-refractivity contribution in [2.75, 3.05) is 31.1 Å². The van der Waals surface area contributed by atoms with Crippen LogP contribution < -0.4 is 15.5 Å². The Hall–Kier alpha value is -1.62. The fourth-order valence-electron chi connectivity index (χ4n) is 2.56. The fraction of sp³-hybridized carbons (Fsp3) is 0.533. The van der Waals surface area contributed by atoms with Crippen LogP contribution in [0.1, 0.15) is 31.0 Å². The van der Waals surface area contributed by atoms with Crippen LogP contribution in [0.3, 0.4) is 0 Å². The molecule has 0 spiro atoms. The van der Waals surface area contributed by atoms with Gasteiger partial charge >= 0.3 is 0 Å². The molecule has 20 heavy (non-hydrogen) atoms. The second-order valence-corrected chi connectivity index (χ2v) is 5.21. The number of anilines is 1. The third-order valence-electron chi connectivity index (χ3n) is 3.66. The molecule has 1 unspecified atom stereocenters. The minimum absolute atomic E-state index is 0.0141. The lowest BCUT2D eigenvalue weighted by atomic mass is 10.0. The number of piperazine rings is 1. The summed E-state index contributed by atoms with van der Waals surface area (Å²) in [5.74, 6) is -0.185. The summed E-state index contributed by atoms with van der Waals surface area (Å²) >= 11 is 0. The highest BCUT2D eigenvalue weighted by Crippen LogP contribution is 2.29. The van der Waals surface area contributed by atoms with Crippen molar-refractivity contribution in [3.05, 3.63) is 29.1 Å². The van der Waals surface area contributed by atoms with Gasteiger partial charge in [0.1, 0.15) is 5.82 Å². The Morgan fingerprint density at radius 3 is 2.90 bits per heavy atom. The maximum absolute atomic E-state index is 13.9. The van der Waals surface area contributed by atoms with Gasteiger partial charge in [0.2, 0.25) is 5.91 Å². The molecular formula is C15H22FN3O. The first kappa shape index (κ1) is 14.8. The lowest BCUT2D eigenvalue weighted by Gasteiger charge is -2.32. The Balaban J connectivity index is 2.38. The summed E-state index contributed by atoms with van der Waals surface area (Å²) in [5.41, 5.74) is 2.47. The SMILES string of the molecule is CCNC(C)c1cc(F)c(C)cc1N1CCNC(=O)C1. The summed E-state index contributed by atoms with van der Waals surface area (Å²) in [7, 11) is 0. The van der Waals surface area contributed by atoms with Crippen molar-refractivity contribution in [3.8, 4) is 0 Å². The van der Waals surface area contributed by atoms with Crippen LogP contribution in [0.15, 0.2) is 12.1 Å². The first-order chi connectivity index (χ1) is 9.52. The zero-order valence-corrected chi connectivity index (χ0v) is 12.3. The summed E-state index contributed by atoms with van der Waals surface area (Å²) in [6.45, 7) is 8.32. The van der Waals surface area contributed by atoms with Crippen LogP contribution in [0.5, 0.6) is 0 Å². The van der Waals surface area contributed by atoms with E-state index in [-0.39, 0.29) is 17.8 Å². The van der Waals surface area contributed by atoms with Crippen LogP contribution >= 0.6 is 0 Å². The van der Waals surface area contributed by atoms with Crippen molar-refractivity contribution in [2.45, 2.75) is 26.8 Å². The number of benzene rings is 1. The van der Waals surface area contributed by atoms with Crippen molar-refractivity contribution < 1.29 is 9.18 Å². The summed E-state index contributed by atoms with van der Waals surface area (Å²) < 4.78 is 13.9. The number of halogens is 1. The van der Waals surface area contributed by atoms with E-state index in [4.69, 9.17) is 0 Å². The fourth-order valence-corrected chi connectivity index (χ4v) is 2.56. The average Bonchev–Trinajstić information content (AvgIpc) is 2.41. The van der Waals surface area contributed by atoms with Gasteiger partial charge in [-0.15, -0.1) is 0 Å². The first-order valence-corrected chi connectivity index (χ1v) is 7.08. The number of hydrogen-bond acceptors (Lipinski definition) is 3. The molecule has 5 heteroatoms. The number of nitrogens with zero attached hydrogens (tertiary/aromatic N) is 1. The Morgan fingerprint density at radius 2 is 2.25 bits per heavy atom. The molecule has 0 saturated carbocycles. The Bertz CT molecular complexity index is 504. The number of nitrogens with one attached hydrogen (secondary N) is 2. The monoisotopic (exact) mass is 279 g/mol. The highest BCUT2D eigenvalue weighted by Gasteiger charge is 2.22. The summed E-state index contributed by atoms with van der Waals surface area (Å²) in [6.07, 6.45) is 0. The molecule has 1 heterocycles. The third-order valence-corrected chi connectivity index (χ3v) is 3.66. The van der Waals surface area contributed by atoms with Gasteiger partial charge in [-0.1, -0.05) is 6.92 Å². The molecule has 2 rings (SSSR count). The quantitative estimate of drug-likeness (QED) is 0.882. The van der Waals surface area contributed by atoms with Crippen molar-refractivity contribution in [3.63, 3.8) is 0 Å². The number of amides is 1. The minimum atomic E-state index is -0.199. The average molecular weight is 279 g/mol. The summed E-state index contributed by atoms with van der Waals surface area (Å²) in [5, 5.41) is 6.12. The Labute approximate surface area is 119 Å². The predicted octanol–water partition coefficient (Wildman–Crippen LogP) is 1.74. The molecule has 0 bridgehead atoms. The van der Waals surface area contributed by atoms with Gasteiger partial charge in [0, 0.05) is 24.8 Å². The zero-order chi connectivity index (χ0) is 14.7. The van der Waals surface area contributed by atoms with E-state index in [1.165, 1.54) is 0 Å². The van der Waals surface area contributed by atoms with E-state index in [0.717, 1.165) is 24.3 Å². The summed E-state index contributed by atoms with van der Waals surface area (Å²) in [4.78, 5) is 13.6. The molecular weight excluding hydrogens is 257 g/mol. The molecule has 0 aromatic heterocycles. The Kier molecular flexibility index (Phi) is 4.60. The number of carbonyl (C=O) groups excluding carboxylic acids is 1. The molecule has 0 aliphatic carbocycles. The van der Waals surface area contributed by atoms with Gasteiger partial charge < -0.3 is 15.5 Å². The smallest absolute Gasteiger partial charge is 0.239 e. The zero-order valence-electron chi connectivity index (χ0n) is 12.3. The second kappa shape index (κ2) is 6.22. The normalized spacial score (nSPS) is 17.0. The number of rotatable bonds is 4. The van der Waals surface area contributed by atoms with Crippen LogP contribution in [-0.4, -0.2) is 32.1 Å². The van der Waals surface area contributed by atoms with Gasteiger partial charge in [-0.25, -0.2) is 4.39 Å². The molecule has 1 fully saturated rings. The molecule has 1 atom stereocenters. The lowest BCUT2D eigenvalue weighted by molar-refractivity contribution is -0.120. The van der Waals surface area contributed by atoms with Crippen LogP contribution in [0.4, 0.5) is 10.1 Å². The highest BCUT2D eigenvalue weighted by molar-refractivity contribution is 5.83. The maximum Gasteiger partial charge on any atom is 0.239 e. The van der Waals surface area contributed by atoms with Crippen LogP contribution in [0, 0.1) is 12.7 Å². The lowest BCUT2D eigenvalue weighted by Crippen LogP contribution is -2.48. The number of carbonyl (C=O) groups is 1.